The highest BCUT2D eigenvalue weighted by atomic mass is 16.2. The predicted octanol–water partition coefficient (Wildman–Crippen LogP) is 2.08. The van der Waals surface area contributed by atoms with Crippen molar-refractivity contribution >= 4 is 22.8 Å². The van der Waals surface area contributed by atoms with Crippen molar-refractivity contribution in [3.8, 4) is 0 Å². The standard InChI is InChI=1S/C21H24N6O2/c1-5-12-25-19(28)17-18(24(4)21(25)29)22-20-26(23-14(2)15(3)27(17)20)13-11-16-9-7-6-8-10-16/h5-10,15H,1,11-13H2,2-4H3/t15-/m1/s1. The highest BCUT2D eigenvalue weighted by Gasteiger charge is 2.30. The molecule has 3 heterocycles. The van der Waals surface area contributed by atoms with Crippen LogP contribution in [0.5, 0.6) is 0 Å². The molecule has 0 aliphatic carbocycles. The average molecular weight is 392 g/mol. The molecule has 29 heavy (non-hydrogen) atoms. The van der Waals surface area contributed by atoms with Crippen LogP contribution in [0.25, 0.3) is 11.2 Å². The zero-order valence-corrected chi connectivity index (χ0v) is 16.9. The monoisotopic (exact) mass is 392 g/mol. The molecule has 0 unspecified atom stereocenters. The van der Waals surface area contributed by atoms with Gasteiger partial charge in [0.1, 0.15) is 0 Å². The van der Waals surface area contributed by atoms with E-state index in [0.29, 0.717) is 23.7 Å². The highest BCUT2D eigenvalue weighted by Crippen LogP contribution is 2.29. The molecule has 2 aromatic heterocycles. The Morgan fingerprint density at radius 1 is 1.21 bits per heavy atom. The predicted molar refractivity (Wildman–Crippen MR) is 115 cm³/mol. The third-order valence-electron chi connectivity index (χ3n) is 5.43. The summed E-state index contributed by atoms with van der Waals surface area (Å²) in [5.74, 6) is 0.581. The maximum Gasteiger partial charge on any atom is 0.332 e. The lowest BCUT2D eigenvalue weighted by molar-refractivity contribution is 0.628. The summed E-state index contributed by atoms with van der Waals surface area (Å²) in [5.41, 5.74) is 2.10. The largest absolute Gasteiger partial charge is 0.332 e. The van der Waals surface area contributed by atoms with Crippen LogP contribution in [0.4, 0.5) is 5.95 Å². The normalized spacial score (nSPS) is 16.0. The van der Waals surface area contributed by atoms with E-state index in [1.165, 1.54) is 14.7 Å². The molecule has 1 aliphatic heterocycles. The van der Waals surface area contributed by atoms with Crippen LogP contribution in [0.15, 0.2) is 57.7 Å². The molecule has 1 aliphatic rings. The Balaban J connectivity index is 1.88. The van der Waals surface area contributed by atoms with Crippen LogP contribution in [0, 0.1) is 0 Å². The minimum atomic E-state index is -0.404. The molecule has 0 fully saturated rings. The second-order valence-electron chi connectivity index (χ2n) is 7.28. The fourth-order valence-corrected chi connectivity index (χ4v) is 3.70. The third-order valence-corrected chi connectivity index (χ3v) is 5.43. The maximum absolute atomic E-state index is 13.1. The number of rotatable bonds is 5. The fraction of sp³-hybridized carbons (Fsp3) is 0.333. The van der Waals surface area contributed by atoms with Gasteiger partial charge in [-0.05, 0) is 25.8 Å². The summed E-state index contributed by atoms with van der Waals surface area (Å²) in [7, 11) is 1.63. The Morgan fingerprint density at radius 3 is 2.62 bits per heavy atom. The van der Waals surface area contributed by atoms with Crippen LogP contribution in [0.1, 0.15) is 25.5 Å². The number of benzene rings is 1. The summed E-state index contributed by atoms with van der Waals surface area (Å²) in [6.07, 6.45) is 2.33. The van der Waals surface area contributed by atoms with Crippen LogP contribution in [0.2, 0.25) is 0 Å². The molecule has 0 N–H and O–H groups in total. The first-order chi connectivity index (χ1) is 13.9. The first-order valence-corrected chi connectivity index (χ1v) is 9.63. The number of allylic oxidation sites excluding steroid dienone is 1. The van der Waals surface area contributed by atoms with Crippen molar-refractivity contribution in [2.24, 2.45) is 12.1 Å². The molecule has 0 radical (unpaired) electrons. The molecule has 150 valence electrons. The van der Waals surface area contributed by atoms with Gasteiger partial charge in [-0.1, -0.05) is 36.4 Å². The van der Waals surface area contributed by atoms with Gasteiger partial charge < -0.3 is 0 Å². The first-order valence-electron chi connectivity index (χ1n) is 9.63. The van der Waals surface area contributed by atoms with Crippen molar-refractivity contribution in [2.45, 2.75) is 32.9 Å². The van der Waals surface area contributed by atoms with Gasteiger partial charge in [0.15, 0.2) is 11.2 Å². The number of aromatic nitrogens is 4. The molecule has 0 amide bonds. The average Bonchev–Trinajstić information content (AvgIpc) is 3.13. The molecule has 3 aromatic rings. The Hall–Kier alpha value is -3.42. The molecule has 0 saturated heterocycles. The van der Waals surface area contributed by atoms with E-state index in [4.69, 9.17) is 5.10 Å². The minimum Gasteiger partial charge on any atom is -0.294 e. The Kier molecular flexibility index (Phi) is 4.70. The topological polar surface area (TPSA) is 77.4 Å². The number of hydrogen-bond donors (Lipinski definition) is 0. The van der Waals surface area contributed by atoms with Crippen molar-refractivity contribution in [3.05, 3.63) is 69.4 Å². The van der Waals surface area contributed by atoms with E-state index >= 15 is 0 Å². The summed E-state index contributed by atoms with van der Waals surface area (Å²) >= 11 is 0. The zero-order valence-electron chi connectivity index (χ0n) is 16.9. The number of hydrazone groups is 1. The van der Waals surface area contributed by atoms with E-state index in [9.17, 15) is 9.59 Å². The third kappa shape index (κ3) is 3.00. The van der Waals surface area contributed by atoms with Crippen molar-refractivity contribution < 1.29 is 0 Å². The van der Waals surface area contributed by atoms with E-state index in [0.717, 1.165) is 12.1 Å². The maximum atomic E-state index is 13.1. The van der Waals surface area contributed by atoms with Crippen molar-refractivity contribution in [3.63, 3.8) is 0 Å². The Bertz CT molecular complexity index is 1230. The van der Waals surface area contributed by atoms with Crippen molar-refractivity contribution in [2.75, 3.05) is 11.6 Å². The number of hydrogen-bond acceptors (Lipinski definition) is 5. The van der Waals surface area contributed by atoms with E-state index < -0.39 is 5.69 Å². The molecular formula is C21H24N6O2. The van der Waals surface area contributed by atoms with Gasteiger partial charge in [-0.3, -0.25) is 18.5 Å². The molecule has 0 saturated carbocycles. The second-order valence-corrected chi connectivity index (χ2v) is 7.28. The van der Waals surface area contributed by atoms with Crippen LogP contribution >= 0.6 is 0 Å². The molecular weight excluding hydrogens is 368 g/mol. The minimum absolute atomic E-state index is 0.134. The quantitative estimate of drug-likeness (QED) is 0.623. The summed E-state index contributed by atoms with van der Waals surface area (Å²) in [4.78, 5) is 30.4. The van der Waals surface area contributed by atoms with Gasteiger partial charge in [0.25, 0.3) is 5.56 Å². The lowest BCUT2D eigenvalue weighted by atomic mass is 10.1. The van der Waals surface area contributed by atoms with E-state index in [1.54, 1.807) is 13.1 Å². The van der Waals surface area contributed by atoms with Crippen molar-refractivity contribution in [1.82, 2.24) is 18.7 Å². The Labute approximate surface area is 168 Å². The summed E-state index contributed by atoms with van der Waals surface area (Å²) in [6, 6.07) is 10.0. The van der Waals surface area contributed by atoms with Crippen LogP contribution in [-0.2, 0) is 20.0 Å². The zero-order chi connectivity index (χ0) is 20.7. The van der Waals surface area contributed by atoms with Gasteiger partial charge in [0, 0.05) is 20.1 Å². The van der Waals surface area contributed by atoms with Crippen molar-refractivity contribution in [1.29, 1.82) is 0 Å². The number of nitrogens with zero attached hydrogens (tertiary/aromatic N) is 6. The van der Waals surface area contributed by atoms with Gasteiger partial charge in [-0.25, -0.2) is 9.80 Å². The SMILES string of the molecule is C=CCn1c(=O)c2c(nc3n2[C@H](C)C(C)=NN3CCc2ccccc2)n(C)c1=O. The molecule has 8 nitrogen and oxygen atoms in total. The van der Waals surface area contributed by atoms with Gasteiger partial charge in [-0.15, -0.1) is 6.58 Å². The molecule has 4 rings (SSSR count). The highest BCUT2D eigenvalue weighted by molar-refractivity contribution is 5.91. The molecule has 8 heteroatoms. The van der Waals surface area contributed by atoms with E-state index in [1.807, 2.05) is 41.6 Å². The lowest BCUT2D eigenvalue weighted by Crippen LogP contribution is -2.40. The lowest BCUT2D eigenvalue weighted by Gasteiger charge is -2.29. The van der Waals surface area contributed by atoms with E-state index in [-0.39, 0.29) is 18.1 Å². The second kappa shape index (κ2) is 7.20. The van der Waals surface area contributed by atoms with Crippen LogP contribution in [0.3, 0.4) is 0 Å². The number of fused-ring (bicyclic) bond motifs is 3. The molecule has 0 bridgehead atoms. The summed E-state index contributed by atoms with van der Waals surface area (Å²) < 4.78 is 4.50. The Morgan fingerprint density at radius 2 is 1.93 bits per heavy atom. The summed E-state index contributed by atoms with van der Waals surface area (Å²) in [5, 5.41) is 6.53. The van der Waals surface area contributed by atoms with Crippen LogP contribution in [-0.4, -0.2) is 30.9 Å². The fourth-order valence-electron chi connectivity index (χ4n) is 3.70. The summed E-state index contributed by atoms with van der Waals surface area (Å²) in [6.45, 7) is 8.36. The van der Waals surface area contributed by atoms with Gasteiger partial charge in [-0.2, -0.15) is 10.1 Å². The first kappa shape index (κ1) is 18.9. The van der Waals surface area contributed by atoms with E-state index in [2.05, 4.69) is 23.7 Å². The number of imidazole rings is 1. The molecule has 1 atom stereocenters. The van der Waals surface area contributed by atoms with Gasteiger partial charge >= 0.3 is 5.69 Å². The van der Waals surface area contributed by atoms with Gasteiger partial charge in [0.05, 0.1) is 11.8 Å². The smallest absolute Gasteiger partial charge is 0.294 e. The van der Waals surface area contributed by atoms with Gasteiger partial charge in [0.2, 0.25) is 5.95 Å². The number of anilines is 1. The van der Waals surface area contributed by atoms with Crippen LogP contribution < -0.4 is 16.3 Å². The molecule has 1 aromatic carbocycles. The number of aryl methyl sites for hydroxylation is 1. The molecule has 0 spiro atoms.